The van der Waals surface area contributed by atoms with E-state index in [1.807, 2.05) is 29.2 Å². The molecular weight excluding hydrogens is 428 g/mol. The van der Waals surface area contributed by atoms with E-state index in [1.54, 1.807) is 12.1 Å². The number of rotatable bonds is 8. The summed E-state index contributed by atoms with van der Waals surface area (Å²) in [6.45, 7) is 5.32. The zero-order valence-corrected chi connectivity index (χ0v) is 20.0. The van der Waals surface area contributed by atoms with Crippen molar-refractivity contribution >= 4 is 6.03 Å². The van der Waals surface area contributed by atoms with Crippen molar-refractivity contribution in [3.05, 3.63) is 65.7 Å². The number of ether oxygens (including phenoxy) is 1. The zero-order chi connectivity index (χ0) is 23.5. The number of hydrogen-bond acceptors (Lipinski definition) is 6. The lowest BCUT2D eigenvalue weighted by Crippen LogP contribution is -2.70. The Kier molecular flexibility index (Phi) is 7.01. The Labute approximate surface area is 202 Å². The Morgan fingerprint density at radius 3 is 2.65 bits per heavy atom. The fourth-order valence-electron chi connectivity index (χ4n) is 5.57. The van der Waals surface area contributed by atoms with Crippen molar-refractivity contribution in [1.82, 2.24) is 31.3 Å². The first-order valence-corrected chi connectivity index (χ1v) is 12.4. The molecule has 0 radical (unpaired) electrons. The van der Waals surface area contributed by atoms with Gasteiger partial charge in [0.05, 0.1) is 19.9 Å². The number of nitrogens with one attached hydrogen (secondary N) is 4. The molecule has 3 heterocycles. The summed E-state index contributed by atoms with van der Waals surface area (Å²) in [4.78, 5) is 15.3. The Bertz CT molecular complexity index is 956. The second-order valence-electron chi connectivity index (χ2n) is 9.61. The van der Waals surface area contributed by atoms with Gasteiger partial charge in [-0.25, -0.2) is 15.2 Å². The largest absolute Gasteiger partial charge is 0.497 e. The lowest BCUT2D eigenvalue weighted by Gasteiger charge is -2.51. The number of fused-ring (bicyclic) bond motifs is 3. The number of urea groups is 1. The third-order valence-electron chi connectivity index (χ3n) is 7.47. The van der Waals surface area contributed by atoms with E-state index in [4.69, 9.17) is 4.74 Å². The maximum Gasteiger partial charge on any atom is 0.337 e. The van der Waals surface area contributed by atoms with Crippen LogP contribution in [-0.2, 0) is 6.54 Å². The number of benzene rings is 2. The fraction of sp³-hybridized carbons (Fsp3) is 0.500. The molecule has 34 heavy (non-hydrogen) atoms. The lowest BCUT2D eigenvalue weighted by molar-refractivity contribution is -0.0250. The van der Waals surface area contributed by atoms with Crippen molar-refractivity contribution in [3.63, 3.8) is 0 Å². The first-order valence-electron chi connectivity index (χ1n) is 12.4. The van der Waals surface area contributed by atoms with E-state index in [1.165, 1.54) is 5.56 Å². The molecule has 182 valence electrons. The smallest absolute Gasteiger partial charge is 0.337 e. The van der Waals surface area contributed by atoms with Crippen molar-refractivity contribution in [2.45, 2.75) is 44.7 Å². The number of amides is 2. The molecule has 2 amide bonds. The molecule has 3 aliphatic heterocycles. The third kappa shape index (κ3) is 4.77. The van der Waals surface area contributed by atoms with Crippen LogP contribution in [0.3, 0.4) is 0 Å². The molecule has 3 saturated heterocycles. The zero-order valence-electron chi connectivity index (χ0n) is 20.0. The highest BCUT2D eigenvalue weighted by Crippen LogP contribution is 2.35. The fourth-order valence-corrected chi connectivity index (χ4v) is 5.57. The molecule has 8 nitrogen and oxygen atoms in total. The van der Waals surface area contributed by atoms with Gasteiger partial charge < -0.3 is 15.0 Å². The highest BCUT2D eigenvalue weighted by molar-refractivity contribution is 5.76. The van der Waals surface area contributed by atoms with E-state index >= 15 is 0 Å². The van der Waals surface area contributed by atoms with E-state index in [0.717, 1.165) is 37.2 Å². The van der Waals surface area contributed by atoms with Crippen LogP contribution in [-0.4, -0.2) is 55.1 Å². The molecule has 2 aromatic rings. The summed E-state index contributed by atoms with van der Waals surface area (Å²) in [5.41, 5.74) is 5.66. The average molecular weight is 465 g/mol. The van der Waals surface area contributed by atoms with Crippen LogP contribution < -0.4 is 26.1 Å². The van der Waals surface area contributed by atoms with Gasteiger partial charge in [0.15, 0.2) is 0 Å². The Morgan fingerprint density at radius 1 is 1.09 bits per heavy atom. The molecule has 2 aromatic carbocycles. The molecule has 5 unspecified atom stereocenters. The molecule has 3 aliphatic rings. The topological polar surface area (TPSA) is 80.9 Å². The number of methoxy groups -OCH3 is 1. The summed E-state index contributed by atoms with van der Waals surface area (Å²) in [6, 6.07) is 18.9. The van der Waals surface area contributed by atoms with Crippen LogP contribution in [0.15, 0.2) is 54.6 Å². The predicted octanol–water partition coefficient (Wildman–Crippen LogP) is 2.62. The van der Waals surface area contributed by atoms with Gasteiger partial charge in [-0.15, -0.1) is 0 Å². The van der Waals surface area contributed by atoms with Crippen LogP contribution >= 0.6 is 0 Å². The SMILES string of the molecule is COc1ccc(CN2C(=O)N3NCNC3C3CC(CCNC(C)c4ccccc4)CNC32)cc1. The van der Waals surface area contributed by atoms with E-state index in [2.05, 4.69) is 58.6 Å². The first kappa shape index (κ1) is 23.1. The minimum Gasteiger partial charge on any atom is -0.497 e. The van der Waals surface area contributed by atoms with Gasteiger partial charge in [0.25, 0.3) is 0 Å². The van der Waals surface area contributed by atoms with Gasteiger partial charge in [-0.3, -0.25) is 10.6 Å². The van der Waals surface area contributed by atoms with E-state index in [9.17, 15) is 4.79 Å². The first-order chi connectivity index (χ1) is 16.6. The van der Waals surface area contributed by atoms with Crippen LogP contribution in [0.4, 0.5) is 4.79 Å². The standard InChI is InChI=1S/C26H36N6O2/c1-18(21-6-4-3-5-7-21)27-13-12-20-14-23-24(28-15-20)31(26(33)32-25(23)29-17-30-32)16-19-8-10-22(34-2)11-9-19/h3-11,18,20,23-25,27-30H,12-17H2,1-2H3. The molecule has 0 aliphatic carbocycles. The molecule has 3 fully saturated rings. The monoisotopic (exact) mass is 464 g/mol. The van der Waals surface area contributed by atoms with Crippen LogP contribution in [0, 0.1) is 11.8 Å². The van der Waals surface area contributed by atoms with Crippen molar-refractivity contribution in [3.8, 4) is 5.75 Å². The van der Waals surface area contributed by atoms with Crippen molar-refractivity contribution < 1.29 is 9.53 Å². The van der Waals surface area contributed by atoms with Crippen LogP contribution in [0.1, 0.15) is 36.9 Å². The van der Waals surface area contributed by atoms with Gasteiger partial charge in [-0.2, -0.15) is 0 Å². The molecule has 5 rings (SSSR count). The molecule has 0 saturated carbocycles. The number of piperidine rings is 1. The van der Waals surface area contributed by atoms with E-state index < -0.39 is 0 Å². The highest BCUT2D eigenvalue weighted by Gasteiger charge is 2.50. The number of carbonyl (C=O) groups is 1. The summed E-state index contributed by atoms with van der Waals surface area (Å²) >= 11 is 0. The molecule has 8 heteroatoms. The minimum atomic E-state index is 0.0238. The lowest BCUT2D eigenvalue weighted by atomic mass is 9.82. The highest BCUT2D eigenvalue weighted by atomic mass is 16.5. The minimum absolute atomic E-state index is 0.0238. The molecule has 0 aromatic heterocycles. The van der Waals surface area contributed by atoms with Gasteiger partial charge in [-0.1, -0.05) is 42.5 Å². The van der Waals surface area contributed by atoms with Crippen LogP contribution in [0.25, 0.3) is 0 Å². The van der Waals surface area contributed by atoms with Gasteiger partial charge in [0.2, 0.25) is 0 Å². The van der Waals surface area contributed by atoms with Crippen molar-refractivity contribution in [2.75, 3.05) is 26.9 Å². The van der Waals surface area contributed by atoms with E-state index in [-0.39, 0.29) is 18.4 Å². The molecule has 0 spiro atoms. The summed E-state index contributed by atoms with van der Waals surface area (Å²) in [7, 11) is 1.67. The quantitative estimate of drug-likeness (QED) is 0.481. The molecule has 0 bridgehead atoms. The third-order valence-corrected chi connectivity index (χ3v) is 7.47. The second kappa shape index (κ2) is 10.3. The van der Waals surface area contributed by atoms with Crippen LogP contribution in [0.5, 0.6) is 5.75 Å². The number of nitrogens with zero attached hydrogens (tertiary/aromatic N) is 2. The number of hydrazine groups is 1. The van der Waals surface area contributed by atoms with E-state index in [0.29, 0.717) is 31.1 Å². The van der Waals surface area contributed by atoms with Crippen molar-refractivity contribution in [2.24, 2.45) is 11.8 Å². The Hall–Kier alpha value is -2.65. The predicted molar refractivity (Wildman–Crippen MR) is 132 cm³/mol. The summed E-state index contributed by atoms with van der Waals surface area (Å²) in [5.74, 6) is 1.71. The maximum absolute atomic E-state index is 13.3. The number of hydrogen-bond donors (Lipinski definition) is 4. The summed E-state index contributed by atoms with van der Waals surface area (Å²) < 4.78 is 5.28. The normalized spacial score (nSPS) is 27.3. The Morgan fingerprint density at radius 2 is 1.88 bits per heavy atom. The van der Waals surface area contributed by atoms with Crippen molar-refractivity contribution in [1.29, 1.82) is 0 Å². The summed E-state index contributed by atoms with van der Waals surface area (Å²) in [5, 5.41) is 12.7. The summed E-state index contributed by atoms with van der Waals surface area (Å²) in [6.07, 6.45) is 2.24. The average Bonchev–Trinajstić information content (AvgIpc) is 3.38. The molecular formula is C26H36N6O2. The Balaban J connectivity index is 1.22. The van der Waals surface area contributed by atoms with Crippen LogP contribution in [0.2, 0.25) is 0 Å². The van der Waals surface area contributed by atoms with Gasteiger partial charge in [-0.05, 0) is 62.0 Å². The molecule has 4 N–H and O–H groups in total. The number of carbonyl (C=O) groups excluding carboxylic acids is 1. The van der Waals surface area contributed by atoms with Gasteiger partial charge in [0, 0.05) is 18.5 Å². The van der Waals surface area contributed by atoms with Gasteiger partial charge >= 0.3 is 6.03 Å². The second-order valence-corrected chi connectivity index (χ2v) is 9.61. The molecule has 5 atom stereocenters. The van der Waals surface area contributed by atoms with Gasteiger partial charge in [0.1, 0.15) is 11.9 Å². The maximum atomic E-state index is 13.3.